The summed E-state index contributed by atoms with van der Waals surface area (Å²) >= 11 is 0. The lowest BCUT2D eigenvalue weighted by atomic mass is 9.99. The summed E-state index contributed by atoms with van der Waals surface area (Å²) in [6.45, 7) is 3.17. The smallest absolute Gasteiger partial charge is 0.394 e. The molecule has 0 aromatic carbocycles. The number of rotatable bonds is 36. The van der Waals surface area contributed by atoms with E-state index in [0.29, 0.717) is 12.8 Å². The number of hydrogen-bond acceptors (Lipinski definition) is 11. The van der Waals surface area contributed by atoms with Gasteiger partial charge in [-0.1, -0.05) is 154 Å². The zero-order chi connectivity index (χ0) is 41.4. The molecular weight excluding hydrogens is 743 g/mol. The Morgan fingerprint density at radius 2 is 1.18 bits per heavy atom. The molecule has 1 rings (SSSR count). The van der Waals surface area contributed by atoms with Crippen LogP contribution in [0.5, 0.6) is 0 Å². The third-order valence-corrected chi connectivity index (χ3v) is 10.8. The van der Waals surface area contributed by atoms with Crippen molar-refractivity contribution in [2.75, 3.05) is 13.2 Å². The first-order valence-corrected chi connectivity index (χ1v) is 23.2. The molecule has 14 heteroatoms. The number of aliphatic hydroxyl groups is 5. The number of unbranched alkanes of at least 4 members (excludes halogenated alkanes) is 21. The van der Waals surface area contributed by atoms with Gasteiger partial charge in [-0.25, -0.2) is 4.18 Å². The average Bonchev–Trinajstić information content (AvgIpc) is 3.16. The molecule has 1 aliphatic rings. The van der Waals surface area contributed by atoms with E-state index < -0.39 is 78.5 Å². The maximum Gasteiger partial charge on any atom is 0.397 e. The highest BCUT2D eigenvalue weighted by atomic mass is 32.3. The minimum absolute atomic E-state index is 0.236. The first-order chi connectivity index (χ1) is 26.9. The molecule has 0 radical (unpaired) electrons. The van der Waals surface area contributed by atoms with Crippen molar-refractivity contribution in [3.05, 3.63) is 24.3 Å². The normalized spacial score (nSPS) is 22.2. The van der Waals surface area contributed by atoms with E-state index in [0.717, 1.165) is 64.2 Å². The van der Waals surface area contributed by atoms with E-state index in [9.17, 15) is 38.7 Å². The molecule has 0 saturated carbocycles. The van der Waals surface area contributed by atoms with Crippen molar-refractivity contribution < 1.29 is 57.0 Å². The van der Waals surface area contributed by atoms with Crippen LogP contribution in [-0.2, 0) is 28.9 Å². The van der Waals surface area contributed by atoms with Crippen LogP contribution in [0.15, 0.2) is 24.3 Å². The van der Waals surface area contributed by atoms with Gasteiger partial charge < -0.3 is 40.3 Å². The van der Waals surface area contributed by atoms with Crippen LogP contribution in [0.25, 0.3) is 0 Å². The fraction of sp³-hybridized carbons (Fsp3) is 0.881. The summed E-state index contributed by atoms with van der Waals surface area (Å²) < 4.78 is 47.4. The topological polar surface area (TPSA) is 212 Å². The molecule has 13 nitrogen and oxygen atoms in total. The first kappa shape index (κ1) is 52.6. The molecule has 0 aromatic rings. The molecule has 1 saturated heterocycles. The Morgan fingerprint density at radius 3 is 1.68 bits per heavy atom. The molecule has 8 atom stereocenters. The molecule has 1 fully saturated rings. The lowest BCUT2D eigenvalue weighted by Gasteiger charge is -2.41. The maximum atomic E-state index is 13.1. The Hall–Kier alpha value is -1.46. The minimum atomic E-state index is -5.11. The van der Waals surface area contributed by atoms with Crippen LogP contribution in [-0.4, -0.2) is 107 Å². The predicted octanol–water partition coefficient (Wildman–Crippen LogP) is 6.74. The SMILES string of the molecule is CCCCCC/C=C\CCCCCCCCC(O)C(=O)NC(COC1OC(CO)C(O)C(OS(=O)(=O)O)C1O)C(O)/C=C/CCCCCCCCCCCCC. The molecule has 330 valence electrons. The Balaban J connectivity index is 2.64. The van der Waals surface area contributed by atoms with Crippen molar-refractivity contribution in [1.29, 1.82) is 0 Å². The molecule has 1 aliphatic heterocycles. The van der Waals surface area contributed by atoms with E-state index in [4.69, 9.17) is 14.0 Å². The number of ether oxygens (including phenoxy) is 2. The Bertz CT molecular complexity index is 1120. The lowest BCUT2D eigenvalue weighted by Crippen LogP contribution is -2.61. The minimum Gasteiger partial charge on any atom is -0.394 e. The largest absolute Gasteiger partial charge is 0.397 e. The highest BCUT2D eigenvalue weighted by Gasteiger charge is 2.48. The van der Waals surface area contributed by atoms with Crippen molar-refractivity contribution in [3.8, 4) is 0 Å². The number of hydrogen-bond donors (Lipinski definition) is 7. The highest BCUT2D eigenvalue weighted by Crippen LogP contribution is 2.26. The first-order valence-electron chi connectivity index (χ1n) is 21.8. The quantitative estimate of drug-likeness (QED) is 0.0199. The molecule has 0 spiro atoms. The fourth-order valence-corrected chi connectivity index (χ4v) is 7.32. The van der Waals surface area contributed by atoms with Gasteiger partial charge in [0.25, 0.3) is 0 Å². The summed E-state index contributed by atoms with van der Waals surface area (Å²) in [5.74, 6) is -0.709. The van der Waals surface area contributed by atoms with Crippen molar-refractivity contribution in [1.82, 2.24) is 5.32 Å². The van der Waals surface area contributed by atoms with Crippen LogP contribution in [0.1, 0.15) is 174 Å². The highest BCUT2D eigenvalue weighted by molar-refractivity contribution is 7.80. The summed E-state index contributed by atoms with van der Waals surface area (Å²) in [6, 6.07) is -1.12. The molecule has 1 heterocycles. The van der Waals surface area contributed by atoms with Crippen LogP contribution in [0.4, 0.5) is 0 Å². The second kappa shape index (κ2) is 33.4. The Morgan fingerprint density at radius 1 is 0.714 bits per heavy atom. The van der Waals surface area contributed by atoms with E-state index in [1.807, 2.05) is 6.08 Å². The van der Waals surface area contributed by atoms with Crippen molar-refractivity contribution in [2.45, 2.75) is 223 Å². The molecule has 0 aliphatic carbocycles. The Labute approximate surface area is 338 Å². The fourth-order valence-electron chi connectivity index (χ4n) is 6.81. The third-order valence-electron chi connectivity index (χ3n) is 10.3. The van der Waals surface area contributed by atoms with E-state index in [2.05, 4.69) is 35.5 Å². The van der Waals surface area contributed by atoms with Gasteiger partial charge in [-0.15, -0.1) is 0 Å². The zero-order valence-corrected chi connectivity index (χ0v) is 35.4. The van der Waals surface area contributed by atoms with Gasteiger partial charge in [0.1, 0.15) is 30.5 Å². The second-order valence-corrected chi connectivity index (χ2v) is 16.5. The number of carbonyl (C=O) groups excluding carboxylic acids is 1. The van der Waals surface area contributed by atoms with Crippen LogP contribution in [0, 0.1) is 0 Å². The predicted molar refractivity (Wildman–Crippen MR) is 219 cm³/mol. The molecule has 0 bridgehead atoms. The number of allylic oxidation sites excluding steroid dienone is 3. The van der Waals surface area contributed by atoms with Crippen molar-refractivity contribution >= 4 is 16.3 Å². The summed E-state index contributed by atoms with van der Waals surface area (Å²) in [7, 11) is -5.11. The van der Waals surface area contributed by atoms with Gasteiger partial charge in [-0.3, -0.25) is 9.35 Å². The molecular formula is C42H79NO12S. The molecule has 0 aromatic heterocycles. The van der Waals surface area contributed by atoms with Crippen LogP contribution in [0.3, 0.4) is 0 Å². The number of aliphatic hydroxyl groups excluding tert-OH is 5. The molecule has 7 N–H and O–H groups in total. The van der Waals surface area contributed by atoms with E-state index in [1.165, 1.54) is 83.1 Å². The van der Waals surface area contributed by atoms with Crippen molar-refractivity contribution in [3.63, 3.8) is 0 Å². The number of nitrogens with one attached hydrogen (secondary N) is 1. The molecule has 8 unspecified atom stereocenters. The van der Waals surface area contributed by atoms with Gasteiger partial charge in [-0.05, 0) is 44.9 Å². The average molecular weight is 822 g/mol. The summed E-state index contributed by atoms with van der Waals surface area (Å²) in [5.41, 5.74) is 0. The van der Waals surface area contributed by atoms with Gasteiger partial charge in [0.05, 0.1) is 25.4 Å². The van der Waals surface area contributed by atoms with Gasteiger partial charge in [0, 0.05) is 0 Å². The molecule has 56 heavy (non-hydrogen) atoms. The van der Waals surface area contributed by atoms with Crippen LogP contribution in [0.2, 0.25) is 0 Å². The van der Waals surface area contributed by atoms with Gasteiger partial charge in [-0.2, -0.15) is 8.42 Å². The number of carbonyl (C=O) groups is 1. The second-order valence-electron chi connectivity index (χ2n) is 15.4. The summed E-state index contributed by atoms with van der Waals surface area (Å²) in [5, 5.41) is 55.0. The maximum absolute atomic E-state index is 13.1. The van der Waals surface area contributed by atoms with Crippen LogP contribution >= 0.6 is 0 Å². The summed E-state index contributed by atoms with van der Waals surface area (Å²) in [6.07, 6.45) is 24.0. The van der Waals surface area contributed by atoms with Gasteiger partial charge >= 0.3 is 10.4 Å². The van der Waals surface area contributed by atoms with Crippen molar-refractivity contribution in [2.24, 2.45) is 0 Å². The lowest BCUT2D eigenvalue weighted by molar-refractivity contribution is -0.298. The van der Waals surface area contributed by atoms with Gasteiger partial charge in [0.2, 0.25) is 5.91 Å². The van der Waals surface area contributed by atoms with Gasteiger partial charge in [0.15, 0.2) is 6.29 Å². The molecule has 1 amide bonds. The standard InChI is InChI=1S/C42H79NO12S/c1-3-5-7-9-11-13-15-17-19-21-23-25-27-29-31-36(46)41(49)43-34(35(45)30-28-26-24-22-20-18-16-14-12-10-8-6-4-2)33-53-42-39(48)40(55-56(50,51)52)38(47)37(32-44)54-42/h13,15,28,30,34-40,42,44-48H,3-12,14,16-27,29,31-33H2,1-2H3,(H,43,49)(H,50,51,52)/b15-13-,30-28+. The van der Waals surface area contributed by atoms with Crippen LogP contribution < -0.4 is 5.32 Å². The van der Waals surface area contributed by atoms with E-state index in [-0.39, 0.29) is 6.42 Å². The van der Waals surface area contributed by atoms with E-state index in [1.54, 1.807) is 0 Å². The zero-order valence-electron chi connectivity index (χ0n) is 34.6. The Kier molecular flexibility index (Phi) is 31.3. The number of amides is 1. The third kappa shape index (κ3) is 25.8. The van der Waals surface area contributed by atoms with E-state index >= 15 is 0 Å². The monoisotopic (exact) mass is 822 g/mol. The summed E-state index contributed by atoms with van der Waals surface area (Å²) in [4.78, 5) is 13.1.